The fourth-order valence-corrected chi connectivity index (χ4v) is 2.70. The van der Waals surface area contributed by atoms with Crippen molar-refractivity contribution < 1.29 is 17.6 Å². The van der Waals surface area contributed by atoms with Crippen molar-refractivity contribution >= 4 is 21.4 Å². The second-order valence-corrected chi connectivity index (χ2v) is 7.34. The van der Waals surface area contributed by atoms with E-state index in [0.29, 0.717) is 5.82 Å². The Morgan fingerprint density at radius 3 is 2.35 bits per heavy atom. The van der Waals surface area contributed by atoms with E-state index in [4.69, 9.17) is 0 Å². The average molecular weight is 337 g/mol. The van der Waals surface area contributed by atoms with E-state index in [2.05, 4.69) is 15.3 Å². The lowest BCUT2D eigenvalue weighted by Gasteiger charge is -2.10. The van der Waals surface area contributed by atoms with E-state index in [1.54, 1.807) is 0 Å². The van der Waals surface area contributed by atoms with Crippen molar-refractivity contribution in [3.05, 3.63) is 47.8 Å². The molecule has 2 aromatic rings. The van der Waals surface area contributed by atoms with Crippen LogP contribution in [0.3, 0.4) is 0 Å². The molecule has 0 saturated heterocycles. The molecule has 0 aliphatic rings. The predicted molar refractivity (Wildman–Crippen MR) is 83.6 cm³/mol. The van der Waals surface area contributed by atoms with Crippen molar-refractivity contribution in [2.45, 2.75) is 24.7 Å². The summed E-state index contributed by atoms with van der Waals surface area (Å²) in [6.45, 7) is 3.85. The fourth-order valence-electron chi connectivity index (χ4n) is 1.85. The highest BCUT2D eigenvalue weighted by molar-refractivity contribution is 7.90. The molecule has 0 saturated carbocycles. The summed E-state index contributed by atoms with van der Waals surface area (Å²) in [6.07, 6.45) is 3.67. The quantitative estimate of drug-likeness (QED) is 0.925. The van der Waals surface area contributed by atoms with Crippen LogP contribution in [0.15, 0.2) is 35.5 Å². The van der Waals surface area contributed by atoms with Crippen molar-refractivity contribution in [1.29, 1.82) is 0 Å². The number of carbonyl (C=O) groups excluding carboxylic acids is 1. The maximum atomic E-state index is 13.3. The molecule has 0 radical (unpaired) electrons. The zero-order valence-electron chi connectivity index (χ0n) is 12.9. The maximum absolute atomic E-state index is 13.3. The number of hydrogen-bond donors (Lipinski definition) is 1. The van der Waals surface area contributed by atoms with Gasteiger partial charge in [-0.05, 0) is 18.2 Å². The standard InChI is InChI=1S/C15H16FN3O3S/c1-9(2)14-17-7-10(8-18-14)15(20)19-12-5-4-11(16)6-13(12)23(3,21)22/h4-9H,1-3H3,(H,19,20). The zero-order chi connectivity index (χ0) is 17.2. The normalized spacial score (nSPS) is 11.5. The van der Waals surface area contributed by atoms with Crippen LogP contribution < -0.4 is 5.32 Å². The summed E-state index contributed by atoms with van der Waals surface area (Å²) in [6, 6.07) is 3.14. The van der Waals surface area contributed by atoms with Gasteiger partial charge in [-0.3, -0.25) is 4.79 Å². The second kappa shape index (κ2) is 6.41. The first-order chi connectivity index (χ1) is 10.7. The van der Waals surface area contributed by atoms with E-state index >= 15 is 0 Å². The Morgan fingerprint density at radius 2 is 1.83 bits per heavy atom. The van der Waals surface area contributed by atoms with Gasteiger partial charge in [-0.15, -0.1) is 0 Å². The van der Waals surface area contributed by atoms with Crippen LogP contribution in [0.2, 0.25) is 0 Å². The van der Waals surface area contributed by atoms with Gasteiger partial charge in [0, 0.05) is 24.6 Å². The monoisotopic (exact) mass is 337 g/mol. The third kappa shape index (κ3) is 4.10. The van der Waals surface area contributed by atoms with Gasteiger partial charge in [-0.25, -0.2) is 22.8 Å². The molecule has 1 aromatic carbocycles. The van der Waals surface area contributed by atoms with Gasteiger partial charge in [0.15, 0.2) is 9.84 Å². The molecule has 1 N–H and O–H groups in total. The van der Waals surface area contributed by atoms with Crippen molar-refractivity contribution in [2.75, 3.05) is 11.6 Å². The van der Waals surface area contributed by atoms with Gasteiger partial charge in [-0.2, -0.15) is 0 Å². The number of aromatic nitrogens is 2. The van der Waals surface area contributed by atoms with E-state index in [0.717, 1.165) is 18.4 Å². The summed E-state index contributed by atoms with van der Waals surface area (Å²) in [4.78, 5) is 20.0. The van der Waals surface area contributed by atoms with Gasteiger partial charge in [0.1, 0.15) is 11.6 Å². The van der Waals surface area contributed by atoms with Gasteiger partial charge in [0.2, 0.25) is 0 Å². The predicted octanol–water partition coefficient (Wildman–Crippen LogP) is 2.39. The molecule has 23 heavy (non-hydrogen) atoms. The number of nitrogens with zero attached hydrogens (tertiary/aromatic N) is 2. The molecule has 1 heterocycles. The first-order valence-corrected chi connectivity index (χ1v) is 8.70. The smallest absolute Gasteiger partial charge is 0.258 e. The third-order valence-electron chi connectivity index (χ3n) is 3.04. The molecule has 8 heteroatoms. The van der Waals surface area contributed by atoms with Crippen molar-refractivity contribution in [2.24, 2.45) is 0 Å². The van der Waals surface area contributed by atoms with Gasteiger partial charge >= 0.3 is 0 Å². The molecule has 1 aromatic heterocycles. The Morgan fingerprint density at radius 1 is 1.22 bits per heavy atom. The molecule has 0 aliphatic heterocycles. The Balaban J connectivity index is 2.30. The number of rotatable bonds is 4. The van der Waals surface area contributed by atoms with Crippen LogP contribution in [0, 0.1) is 5.82 Å². The number of anilines is 1. The molecule has 0 spiro atoms. The Hall–Kier alpha value is -2.35. The maximum Gasteiger partial charge on any atom is 0.258 e. The first-order valence-electron chi connectivity index (χ1n) is 6.81. The Bertz CT molecular complexity index is 834. The van der Waals surface area contributed by atoms with E-state index in [9.17, 15) is 17.6 Å². The van der Waals surface area contributed by atoms with Crippen molar-refractivity contribution in [1.82, 2.24) is 9.97 Å². The molecular formula is C15H16FN3O3S. The van der Waals surface area contributed by atoms with Crippen LogP contribution >= 0.6 is 0 Å². The number of sulfone groups is 1. The summed E-state index contributed by atoms with van der Waals surface area (Å²) in [7, 11) is -3.69. The summed E-state index contributed by atoms with van der Waals surface area (Å²) in [5.41, 5.74) is 0.185. The molecule has 6 nitrogen and oxygen atoms in total. The highest BCUT2D eigenvalue weighted by Gasteiger charge is 2.17. The largest absolute Gasteiger partial charge is 0.321 e. The molecule has 1 amide bonds. The molecule has 0 bridgehead atoms. The van der Waals surface area contributed by atoms with Gasteiger partial charge in [0.25, 0.3) is 5.91 Å². The summed E-state index contributed by atoms with van der Waals surface area (Å²) in [5, 5.41) is 2.44. The lowest BCUT2D eigenvalue weighted by atomic mass is 10.2. The number of amides is 1. The highest BCUT2D eigenvalue weighted by Crippen LogP contribution is 2.23. The Kier molecular flexibility index (Phi) is 4.74. The first kappa shape index (κ1) is 17.0. The molecule has 0 unspecified atom stereocenters. The van der Waals surface area contributed by atoms with Crippen LogP contribution in [-0.2, 0) is 9.84 Å². The number of nitrogens with one attached hydrogen (secondary N) is 1. The third-order valence-corrected chi connectivity index (χ3v) is 4.18. The molecular weight excluding hydrogens is 321 g/mol. The molecule has 2 rings (SSSR count). The van der Waals surface area contributed by atoms with Crippen molar-refractivity contribution in [3.8, 4) is 0 Å². The van der Waals surface area contributed by atoms with Gasteiger partial charge < -0.3 is 5.32 Å². The van der Waals surface area contributed by atoms with Crippen LogP contribution in [0.25, 0.3) is 0 Å². The van der Waals surface area contributed by atoms with Gasteiger partial charge in [-0.1, -0.05) is 13.8 Å². The molecule has 0 fully saturated rings. The Labute approximate surface area is 133 Å². The highest BCUT2D eigenvalue weighted by atomic mass is 32.2. The van der Waals surface area contributed by atoms with E-state index in [1.165, 1.54) is 18.5 Å². The van der Waals surface area contributed by atoms with Crippen LogP contribution in [-0.4, -0.2) is 30.5 Å². The SMILES string of the molecule is CC(C)c1ncc(C(=O)Nc2ccc(F)cc2S(C)(=O)=O)cn1. The molecule has 0 atom stereocenters. The number of carbonyl (C=O) groups is 1. The van der Waals surface area contributed by atoms with E-state index in [-0.39, 0.29) is 22.1 Å². The number of benzene rings is 1. The summed E-state index contributed by atoms with van der Waals surface area (Å²) in [5.74, 6) is -0.550. The minimum atomic E-state index is -3.69. The fraction of sp³-hybridized carbons (Fsp3) is 0.267. The molecule has 122 valence electrons. The minimum Gasteiger partial charge on any atom is -0.321 e. The summed E-state index contributed by atoms with van der Waals surface area (Å²) >= 11 is 0. The lowest BCUT2D eigenvalue weighted by molar-refractivity contribution is 0.102. The molecule has 0 aliphatic carbocycles. The van der Waals surface area contributed by atoms with E-state index < -0.39 is 21.6 Å². The topological polar surface area (TPSA) is 89.0 Å². The zero-order valence-corrected chi connectivity index (χ0v) is 13.7. The minimum absolute atomic E-state index is 0.00633. The van der Waals surface area contributed by atoms with Crippen LogP contribution in [0.5, 0.6) is 0 Å². The second-order valence-electron chi connectivity index (χ2n) is 5.35. The van der Waals surface area contributed by atoms with Crippen LogP contribution in [0.4, 0.5) is 10.1 Å². The number of hydrogen-bond acceptors (Lipinski definition) is 5. The average Bonchev–Trinajstić information content (AvgIpc) is 2.48. The lowest BCUT2D eigenvalue weighted by Crippen LogP contribution is -2.16. The van der Waals surface area contributed by atoms with Crippen molar-refractivity contribution in [3.63, 3.8) is 0 Å². The van der Waals surface area contributed by atoms with E-state index in [1.807, 2.05) is 13.8 Å². The number of halogens is 1. The van der Waals surface area contributed by atoms with Gasteiger partial charge in [0.05, 0.1) is 16.1 Å². The summed E-state index contributed by atoms with van der Waals surface area (Å²) < 4.78 is 36.7. The van der Waals surface area contributed by atoms with Crippen LogP contribution in [0.1, 0.15) is 35.9 Å².